The highest BCUT2D eigenvalue weighted by Crippen LogP contribution is 2.55. The van der Waals surface area contributed by atoms with Crippen LogP contribution in [0.2, 0.25) is 0 Å². The summed E-state index contributed by atoms with van der Waals surface area (Å²) >= 11 is 0. The van der Waals surface area contributed by atoms with Crippen LogP contribution in [0.25, 0.3) is 11.3 Å². The van der Waals surface area contributed by atoms with Gasteiger partial charge in [-0.15, -0.1) is 0 Å². The van der Waals surface area contributed by atoms with E-state index in [1.165, 1.54) is 0 Å². The predicted octanol–water partition coefficient (Wildman–Crippen LogP) is 8.86. The molecule has 0 fully saturated rings. The highest BCUT2D eigenvalue weighted by Gasteiger charge is 2.48. The molecular weight excluding hydrogens is 582 g/mol. The minimum absolute atomic E-state index is 0.0254. The van der Waals surface area contributed by atoms with Gasteiger partial charge in [-0.05, 0) is 97.3 Å². The largest absolute Gasteiger partial charge is 0.348 e. The average molecular weight is 612 g/mol. The molecule has 2 unspecified atom stereocenters. The van der Waals surface area contributed by atoms with Crippen LogP contribution in [0.4, 0.5) is 17.1 Å². The van der Waals surface area contributed by atoms with Crippen molar-refractivity contribution in [2.24, 2.45) is 0 Å². The van der Waals surface area contributed by atoms with Gasteiger partial charge < -0.3 is 9.80 Å². The third-order valence-corrected chi connectivity index (χ3v) is 8.88. The number of hydrogen-bond donors (Lipinski definition) is 0. The fraction of sp³-hybridized carbons (Fsp3) is 0.100. The highest BCUT2D eigenvalue weighted by molar-refractivity contribution is 5.98. The van der Waals surface area contributed by atoms with E-state index in [9.17, 15) is 20.6 Å². The van der Waals surface area contributed by atoms with Gasteiger partial charge >= 0.3 is 0 Å². The molecule has 0 saturated carbocycles. The van der Waals surface area contributed by atoms with Crippen molar-refractivity contribution in [2.45, 2.75) is 25.9 Å². The van der Waals surface area contributed by atoms with Crippen molar-refractivity contribution in [1.82, 2.24) is 0 Å². The number of rotatable bonds is 6. The van der Waals surface area contributed by atoms with Crippen molar-refractivity contribution < 1.29 is 4.92 Å². The molecule has 7 heteroatoms. The second-order valence-corrected chi connectivity index (χ2v) is 11.8. The molecule has 0 radical (unpaired) electrons. The van der Waals surface area contributed by atoms with E-state index in [1.54, 1.807) is 12.1 Å². The zero-order valence-electron chi connectivity index (χ0n) is 25.8. The topological polar surface area (TPSA) is 97.2 Å². The van der Waals surface area contributed by atoms with Crippen molar-refractivity contribution >= 4 is 28.3 Å². The molecule has 0 bridgehead atoms. The van der Waals surface area contributed by atoms with Gasteiger partial charge in [0.25, 0.3) is 5.69 Å². The molecule has 0 N–H and O–H groups in total. The Morgan fingerprint density at radius 3 is 1.70 bits per heavy atom. The Labute approximate surface area is 273 Å². The normalized spacial score (nSPS) is 16.8. The van der Waals surface area contributed by atoms with E-state index in [4.69, 9.17) is 0 Å². The Bertz CT molecular complexity index is 2130. The number of aryl methyl sites for hydroxylation is 2. The lowest BCUT2D eigenvalue weighted by molar-refractivity contribution is -0.384. The van der Waals surface area contributed by atoms with Crippen LogP contribution in [0.1, 0.15) is 45.0 Å². The predicted molar refractivity (Wildman–Crippen MR) is 184 cm³/mol. The smallest absolute Gasteiger partial charge is 0.269 e. The molecule has 2 aliphatic heterocycles. The summed E-state index contributed by atoms with van der Waals surface area (Å²) < 4.78 is 0. The monoisotopic (exact) mass is 611 g/mol. The maximum atomic E-state index is 11.7. The third-order valence-electron chi connectivity index (χ3n) is 8.88. The van der Waals surface area contributed by atoms with Crippen LogP contribution < -0.4 is 9.80 Å². The molecule has 2 atom stereocenters. The van der Waals surface area contributed by atoms with Crippen LogP contribution in [-0.4, -0.2) is 11.0 Å². The maximum absolute atomic E-state index is 11.7. The summed E-state index contributed by atoms with van der Waals surface area (Å²) in [4.78, 5) is 16.0. The van der Waals surface area contributed by atoms with Gasteiger partial charge in [-0.1, -0.05) is 59.7 Å². The summed E-state index contributed by atoms with van der Waals surface area (Å²) in [5, 5.41) is 30.7. The van der Waals surface area contributed by atoms with Crippen LogP contribution in [0, 0.1) is 46.6 Å². The van der Waals surface area contributed by atoms with Crippen molar-refractivity contribution in [3.63, 3.8) is 0 Å². The van der Waals surface area contributed by atoms with E-state index in [-0.39, 0.29) is 22.7 Å². The minimum atomic E-state index is -0.380. The lowest BCUT2D eigenvalue weighted by Gasteiger charge is -2.33. The minimum Gasteiger partial charge on any atom is -0.348 e. The Morgan fingerprint density at radius 2 is 1.17 bits per heavy atom. The standard InChI is InChI=1S/C40H29N5O2/c1-26-3-17-33(18-4-26)43-36(30-11-7-28(24-41)8-12-30)23-37-40(43)38(31-15-21-35(22-16-31)45(46)47)39(32-13-9-29(25-42)10-14-32)44(37)34-19-5-27(2)6-20-34/h3-23,37,39H,1-2H3. The number of non-ortho nitro benzene ring substituents is 1. The average Bonchev–Trinajstić information content (AvgIpc) is 3.64. The van der Waals surface area contributed by atoms with Crippen molar-refractivity contribution in [1.29, 1.82) is 10.5 Å². The second-order valence-electron chi connectivity index (χ2n) is 11.8. The second kappa shape index (κ2) is 11.8. The molecule has 0 amide bonds. The quantitative estimate of drug-likeness (QED) is 0.141. The molecule has 2 aliphatic rings. The molecule has 7 rings (SSSR count). The first kappa shape index (κ1) is 29.3. The number of benzene rings is 5. The summed E-state index contributed by atoms with van der Waals surface area (Å²) in [7, 11) is 0. The summed E-state index contributed by atoms with van der Waals surface area (Å²) in [6.45, 7) is 4.13. The zero-order chi connectivity index (χ0) is 32.7. The maximum Gasteiger partial charge on any atom is 0.269 e. The van der Waals surface area contributed by atoms with Gasteiger partial charge in [0.1, 0.15) is 0 Å². The number of anilines is 2. The number of hydrogen-bond acceptors (Lipinski definition) is 6. The Morgan fingerprint density at radius 1 is 0.660 bits per heavy atom. The van der Waals surface area contributed by atoms with Gasteiger partial charge in [0.15, 0.2) is 0 Å². The van der Waals surface area contributed by atoms with Gasteiger partial charge in [-0.2, -0.15) is 10.5 Å². The molecule has 47 heavy (non-hydrogen) atoms. The van der Waals surface area contributed by atoms with Crippen LogP contribution in [0.15, 0.2) is 133 Å². The Balaban J connectivity index is 1.53. The molecule has 2 heterocycles. The first-order chi connectivity index (χ1) is 22.9. The lowest BCUT2D eigenvalue weighted by Crippen LogP contribution is -2.33. The SMILES string of the molecule is Cc1ccc(N2C(c3ccc(C#N)cc3)=CC3C2=C(c2ccc([N+](=O)[O-])cc2)C(c2ccc(C#N)cc2)N3c2ccc(C)cc2)cc1. The molecule has 0 aliphatic carbocycles. The third kappa shape index (κ3) is 5.20. The van der Waals surface area contributed by atoms with E-state index in [2.05, 4.69) is 90.4 Å². The summed E-state index contributed by atoms with van der Waals surface area (Å²) in [5.74, 6) is 0. The van der Waals surface area contributed by atoms with Gasteiger partial charge in [-0.3, -0.25) is 10.1 Å². The Kier molecular flexibility index (Phi) is 7.36. The molecule has 226 valence electrons. The molecule has 5 aromatic rings. The van der Waals surface area contributed by atoms with Gasteiger partial charge in [0, 0.05) is 29.1 Å². The molecule has 0 saturated heterocycles. The number of nitrogens with zero attached hydrogens (tertiary/aromatic N) is 5. The first-order valence-corrected chi connectivity index (χ1v) is 15.3. The summed E-state index contributed by atoms with van der Waals surface area (Å²) in [6, 6.07) is 42.9. The van der Waals surface area contributed by atoms with E-state index < -0.39 is 0 Å². The van der Waals surface area contributed by atoms with Crippen molar-refractivity contribution in [3.8, 4) is 12.1 Å². The van der Waals surface area contributed by atoms with Crippen molar-refractivity contribution in [3.05, 3.63) is 182 Å². The molecular formula is C40H29N5O2. The summed E-state index contributed by atoms with van der Waals surface area (Å²) in [5.41, 5.74) is 11.3. The van der Waals surface area contributed by atoms with E-state index >= 15 is 0 Å². The van der Waals surface area contributed by atoms with Crippen molar-refractivity contribution in [2.75, 3.05) is 9.80 Å². The first-order valence-electron chi connectivity index (χ1n) is 15.3. The molecule has 7 nitrogen and oxygen atoms in total. The summed E-state index contributed by atoms with van der Waals surface area (Å²) in [6.07, 6.45) is 2.27. The fourth-order valence-corrected chi connectivity index (χ4v) is 6.57. The highest BCUT2D eigenvalue weighted by atomic mass is 16.6. The van der Waals surface area contributed by atoms with Crippen LogP contribution in [-0.2, 0) is 0 Å². The van der Waals surface area contributed by atoms with E-state index in [1.807, 2.05) is 60.7 Å². The van der Waals surface area contributed by atoms with Gasteiger partial charge in [-0.25, -0.2) is 0 Å². The zero-order valence-corrected chi connectivity index (χ0v) is 25.8. The lowest BCUT2D eigenvalue weighted by atomic mass is 9.91. The Hall–Kier alpha value is -6.44. The van der Waals surface area contributed by atoms with Gasteiger partial charge in [0.2, 0.25) is 0 Å². The van der Waals surface area contributed by atoms with E-state index in [0.717, 1.165) is 56.2 Å². The molecule has 0 aromatic heterocycles. The number of nitro groups is 1. The van der Waals surface area contributed by atoms with E-state index in [0.29, 0.717) is 11.1 Å². The van der Waals surface area contributed by atoms with Crippen LogP contribution in [0.5, 0.6) is 0 Å². The fourth-order valence-electron chi connectivity index (χ4n) is 6.57. The molecule has 5 aromatic carbocycles. The molecule has 0 spiro atoms. The number of fused-ring (bicyclic) bond motifs is 1. The number of nitriles is 2. The number of nitro benzene ring substituents is 1. The van der Waals surface area contributed by atoms with Crippen LogP contribution in [0.3, 0.4) is 0 Å². The van der Waals surface area contributed by atoms with Crippen LogP contribution >= 0.6 is 0 Å². The van der Waals surface area contributed by atoms with Gasteiger partial charge in [0.05, 0.1) is 51.7 Å².